The molecule has 4 aromatic rings. The van der Waals surface area contributed by atoms with Crippen LogP contribution in [0.15, 0.2) is 66.9 Å². The van der Waals surface area contributed by atoms with Crippen LogP contribution in [0.2, 0.25) is 10.0 Å². The topological polar surface area (TPSA) is 74.9 Å². The third-order valence-electron chi connectivity index (χ3n) is 6.87. The summed E-state index contributed by atoms with van der Waals surface area (Å²) in [6.45, 7) is 4.45. The molecule has 0 unspecified atom stereocenters. The maximum Gasteiger partial charge on any atom is 0.258 e. The van der Waals surface area contributed by atoms with E-state index in [9.17, 15) is 9.59 Å². The standard InChI is InChI=1S/C31H33Cl2N3O4/c1-20(2)36(31(38)25-11-10-23(39-3)16-29(25)40-4)19-30(37)35(18-21-9-12-26(32)27(33)15-21)14-13-22-17-34-28-8-6-5-7-24(22)28/h5-12,15-17,20,34H,13-14,18-19H2,1-4H3. The van der Waals surface area contributed by atoms with Crippen molar-refractivity contribution in [3.05, 3.63) is 93.6 Å². The largest absolute Gasteiger partial charge is 0.497 e. The van der Waals surface area contributed by atoms with E-state index < -0.39 is 0 Å². The zero-order valence-electron chi connectivity index (χ0n) is 23.0. The summed E-state index contributed by atoms with van der Waals surface area (Å²) in [4.78, 5) is 34.1. The van der Waals surface area contributed by atoms with E-state index >= 15 is 0 Å². The molecule has 0 spiro atoms. The normalized spacial score (nSPS) is 11.1. The zero-order valence-corrected chi connectivity index (χ0v) is 24.6. The molecule has 1 aromatic heterocycles. The Bertz CT molecular complexity index is 1500. The van der Waals surface area contributed by atoms with Crippen molar-refractivity contribution in [2.24, 2.45) is 0 Å². The number of H-pyrrole nitrogens is 1. The number of methoxy groups -OCH3 is 2. The van der Waals surface area contributed by atoms with Crippen molar-refractivity contribution >= 4 is 45.9 Å². The predicted molar refractivity (Wildman–Crippen MR) is 160 cm³/mol. The Morgan fingerprint density at radius 3 is 2.42 bits per heavy atom. The quantitative estimate of drug-likeness (QED) is 0.216. The summed E-state index contributed by atoms with van der Waals surface area (Å²) in [6, 6.07) is 18.2. The van der Waals surface area contributed by atoms with Gasteiger partial charge in [-0.2, -0.15) is 0 Å². The Hall–Kier alpha value is -3.68. The Morgan fingerprint density at radius 2 is 1.73 bits per heavy atom. The third kappa shape index (κ3) is 6.72. The fraction of sp³-hybridized carbons (Fsp3) is 0.290. The molecule has 3 aromatic carbocycles. The molecule has 0 saturated carbocycles. The molecule has 7 nitrogen and oxygen atoms in total. The van der Waals surface area contributed by atoms with Gasteiger partial charge in [0.15, 0.2) is 0 Å². The van der Waals surface area contributed by atoms with Crippen molar-refractivity contribution in [3.63, 3.8) is 0 Å². The van der Waals surface area contributed by atoms with E-state index in [-0.39, 0.29) is 24.4 Å². The molecule has 1 N–H and O–H groups in total. The highest BCUT2D eigenvalue weighted by Gasteiger charge is 2.27. The molecule has 9 heteroatoms. The fourth-order valence-electron chi connectivity index (χ4n) is 4.61. The van der Waals surface area contributed by atoms with Gasteiger partial charge >= 0.3 is 0 Å². The number of para-hydroxylation sites is 1. The number of carbonyl (C=O) groups is 2. The van der Waals surface area contributed by atoms with Crippen LogP contribution in [0.4, 0.5) is 0 Å². The molecule has 0 aliphatic rings. The van der Waals surface area contributed by atoms with Crippen LogP contribution in [0.1, 0.15) is 35.3 Å². The van der Waals surface area contributed by atoms with Crippen molar-refractivity contribution in [2.45, 2.75) is 32.9 Å². The summed E-state index contributed by atoms with van der Waals surface area (Å²) in [6.07, 6.45) is 2.62. The number of halogens is 2. The van der Waals surface area contributed by atoms with Crippen LogP contribution in [0.5, 0.6) is 11.5 Å². The Morgan fingerprint density at radius 1 is 0.950 bits per heavy atom. The molecular weight excluding hydrogens is 549 g/mol. The molecule has 0 atom stereocenters. The molecule has 40 heavy (non-hydrogen) atoms. The SMILES string of the molecule is COc1ccc(C(=O)N(CC(=O)N(CCc2c[nH]c3ccccc23)Cc2ccc(Cl)c(Cl)c2)C(C)C)c(OC)c1. The number of rotatable bonds is 11. The number of aromatic amines is 1. The van der Waals surface area contributed by atoms with E-state index in [0.717, 1.165) is 22.0 Å². The minimum absolute atomic E-state index is 0.0963. The van der Waals surface area contributed by atoms with Gasteiger partial charge in [-0.3, -0.25) is 9.59 Å². The number of benzene rings is 3. The number of nitrogens with one attached hydrogen (secondary N) is 1. The number of amides is 2. The number of hydrogen-bond donors (Lipinski definition) is 1. The van der Waals surface area contributed by atoms with Crippen molar-refractivity contribution in [1.29, 1.82) is 0 Å². The van der Waals surface area contributed by atoms with E-state index in [0.29, 0.717) is 46.6 Å². The Balaban J connectivity index is 1.59. The molecule has 210 valence electrons. The smallest absolute Gasteiger partial charge is 0.258 e. The maximum atomic E-state index is 13.8. The molecule has 0 radical (unpaired) electrons. The van der Waals surface area contributed by atoms with E-state index in [1.54, 1.807) is 47.2 Å². The molecule has 2 amide bonds. The second-order valence-electron chi connectivity index (χ2n) is 9.77. The van der Waals surface area contributed by atoms with Crippen molar-refractivity contribution in [3.8, 4) is 11.5 Å². The first-order valence-electron chi connectivity index (χ1n) is 13.0. The lowest BCUT2D eigenvalue weighted by Gasteiger charge is -2.30. The molecule has 0 saturated heterocycles. The number of hydrogen-bond acceptors (Lipinski definition) is 4. The van der Waals surface area contributed by atoms with Gasteiger partial charge in [0.25, 0.3) is 5.91 Å². The van der Waals surface area contributed by atoms with Gasteiger partial charge in [-0.1, -0.05) is 47.5 Å². The molecule has 4 rings (SSSR count). The molecule has 0 fully saturated rings. The first-order chi connectivity index (χ1) is 19.2. The van der Waals surface area contributed by atoms with Crippen LogP contribution in [-0.2, 0) is 17.8 Å². The average Bonchev–Trinajstić information content (AvgIpc) is 3.37. The number of aromatic nitrogens is 1. The number of ether oxygens (including phenoxy) is 2. The van der Waals surface area contributed by atoms with Crippen LogP contribution in [-0.4, -0.2) is 59.9 Å². The summed E-state index contributed by atoms with van der Waals surface area (Å²) in [5.41, 5.74) is 3.37. The van der Waals surface area contributed by atoms with Gasteiger partial charge in [0, 0.05) is 42.3 Å². The van der Waals surface area contributed by atoms with Gasteiger partial charge in [0.2, 0.25) is 5.91 Å². The lowest BCUT2D eigenvalue weighted by molar-refractivity contribution is -0.132. The fourth-order valence-corrected chi connectivity index (χ4v) is 4.93. The van der Waals surface area contributed by atoms with Crippen LogP contribution in [0.3, 0.4) is 0 Å². The molecule has 0 bridgehead atoms. The lowest BCUT2D eigenvalue weighted by atomic mass is 10.1. The maximum absolute atomic E-state index is 13.8. The summed E-state index contributed by atoms with van der Waals surface area (Å²) in [7, 11) is 3.05. The van der Waals surface area contributed by atoms with E-state index in [2.05, 4.69) is 11.1 Å². The van der Waals surface area contributed by atoms with Crippen LogP contribution in [0, 0.1) is 0 Å². The van der Waals surface area contributed by atoms with Gasteiger partial charge in [-0.05, 0) is 61.7 Å². The zero-order chi connectivity index (χ0) is 28.8. The monoisotopic (exact) mass is 581 g/mol. The van der Waals surface area contributed by atoms with Crippen LogP contribution >= 0.6 is 23.2 Å². The van der Waals surface area contributed by atoms with Gasteiger partial charge in [0.05, 0.1) is 29.8 Å². The first kappa shape index (κ1) is 29.3. The van der Waals surface area contributed by atoms with Crippen LogP contribution in [0.25, 0.3) is 10.9 Å². The average molecular weight is 583 g/mol. The number of carbonyl (C=O) groups excluding carboxylic acids is 2. The molecule has 0 aliphatic heterocycles. The minimum atomic E-state index is -0.297. The van der Waals surface area contributed by atoms with E-state index in [1.165, 1.54) is 7.11 Å². The summed E-state index contributed by atoms with van der Waals surface area (Å²) in [5, 5.41) is 2.00. The highest BCUT2D eigenvalue weighted by molar-refractivity contribution is 6.42. The third-order valence-corrected chi connectivity index (χ3v) is 7.60. The van der Waals surface area contributed by atoms with Gasteiger partial charge in [-0.25, -0.2) is 0 Å². The van der Waals surface area contributed by atoms with Gasteiger partial charge < -0.3 is 24.3 Å². The Kier molecular flexibility index (Phi) is 9.61. The van der Waals surface area contributed by atoms with Crippen molar-refractivity contribution < 1.29 is 19.1 Å². The van der Waals surface area contributed by atoms with Gasteiger partial charge in [0.1, 0.15) is 18.0 Å². The molecule has 0 aliphatic carbocycles. The summed E-state index contributed by atoms with van der Waals surface area (Å²) >= 11 is 12.4. The molecule has 1 heterocycles. The number of nitrogens with zero attached hydrogens (tertiary/aromatic N) is 2. The second kappa shape index (κ2) is 13.1. The minimum Gasteiger partial charge on any atom is -0.497 e. The highest BCUT2D eigenvalue weighted by atomic mass is 35.5. The van der Waals surface area contributed by atoms with Crippen molar-refractivity contribution in [1.82, 2.24) is 14.8 Å². The highest BCUT2D eigenvalue weighted by Crippen LogP contribution is 2.27. The first-order valence-corrected chi connectivity index (χ1v) is 13.8. The van der Waals surface area contributed by atoms with Crippen molar-refractivity contribution in [2.75, 3.05) is 27.3 Å². The summed E-state index contributed by atoms with van der Waals surface area (Å²) in [5.74, 6) is 0.481. The Labute approximate surface area is 244 Å². The van der Waals surface area contributed by atoms with Crippen LogP contribution < -0.4 is 9.47 Å². The number of fused-ring (bicyclic) bond motifs is 1. The predicted octanol–water partition coefficient (Wildman–Crippen LogP) is 6.61. The second-order valence-corrected chi connectivity index (χ2v) is 10.6. The van der Waals surface area contributed by atoms with E-state index in [4.69, 9.17) is 32.7 Å². The summed E-state index contributed by atoms with van der Waals surface area (Å²) < 4.78 is 10.7. The van der Waals surface area contributed by atoms with E-state index in [1.807, 2.05) is 44.3 Å². The van der Waals surface area contributed by atoms with Gasteiger partial charge in [-0.15, -0.1) is 0 Å². The molecular formula is C31H33Cl2N3O4. The lowest BCUT2D eigenvalue weighted by Crippen LogP contribution is -2.46.